The Morgan fingerprint density at radius 1 is 1.05 bits per heavy atom. The van der Waals surface area contributed by atoms with Crippen LogP contribution in [0.25, 0.3) is 11.3 Å². The lowest BCUT2D eigenvalue weighted by Crippen LogP contribution is -2.44. The van der Waals surface area contributed by atoms with Gasteiger partial charge >= 0.3 is 5.91 Å². The minimum absolute atomic E-state index is 0.245. The van der Waals surface area contributed by atoms with Crippen LogP contribution in [0.4, 0.5) is 4.39 Å². The lowest BCUT2D eigenvalue weighted by Gasteiger charge is -2.26. The van der Waals surface area contributed by atoms with Crippen molar-refractivity contribution in [2.24, 2.45) is 0 Å². The minimum Gasteiger partial charge on any atom is -0.451 e. The molecule has 4 nitrogen and oxygen atoms in total. The Hall–Kier alpha value is -2.14. The predicted molar refractivity (Wildman–Crippen MR) is 77.0 cm³/mol. The fourth-order valence-corrected chi connectivity index (χ4v) is 2.43. The molecule has 2 aromatic rings. The molecular formula is C16H17FN2O2. The summed E-state index contributed by atoms with van der Waals surface area (Å²) >= 11 is 0. The molecule has 1 N–H and O–H groups in total. The molecule has 0 radical (unpaired) electrons. The summed E-state index contributed by atoms with van der Waals surface area (Å²) in [5, 5.41) is 1.92. The van der Waals surface area contributed by atoms with Gasteiger partial charge in [0.1, 0.15) is 11.6 Å². The van der Waals surface area contributed by atoms with Crippen LogP contribution in [0.3, 0.4) is 0 Å². The third-order valence-electron chi connectivity index (χ3n) is 3.57. The van der Waals surface area contributed by atoms with E-state index in [1.807, 2.05) is 5.01 Å². The highest BCUT2D eigenvalue weighted by molar-refractivity contribution is 5.91. The molecule has 1 aromatic carbocycles. The quantitative estimate of drug-likeness (QED) is 0.943. The Morgan fingerprint density at radius 2 is 1.76 bits per heavy atom. The maximum Gasteiger partial charge on any atom is 0.301 e. The summed E-state index contributed by atoms with van der Waals surface area (Å²) < 4.78 is 18.4. The van der Waals surface area contributed by atoms with Crippen LogP contribution >= 0.6 is 0 Å². The average molecular weight is 288 g/mol. The van der Waals surface area contributed by atoms with Gasteiger partial charge in [-0.1, -0.05) is 6.42 Å². The van der Waals surface area contributed by atoms with Crippen molar-refractivity contribution >= 4 is 5.91 Å². The summed E-state index contributed by atoms with van der Waals surface area (Å²) in [4.78, 5) is 12.1. The van der Waals surface area contributed by atoms with E-state index in [-0.39, 0.29) is 17.5 Å². The first-order chi connectivity index (χ1) is 10.2. The van der Waals surface area contributed by atoms with Crippen LogP contribution in [0.1, 0.15) is 29.8 Å². The number of benzene rings is 1. The zero-order chi connectivity index (χ0) is 14.7. The summed E-state index contributed by atoms with van der Waals surface area (Å²) in [6, 6.07) is 9.34. The van der Waals surface area contributed by atoms with Crippen molar-refractivity contribution < 1.29 is 13.6 Å². The summed E-state index contributed by atoms with van der Waals surface area (Å²) in [7, 11) is 0. The van der Waals surface area contributed by atoms with Crippen LogP contribution in [0.15, 0.2) is 40.8 Å². The van der Waals surface area contributed by atoms with Crippen molar-refractivity contribution in [2.75, 3.05) is 13.1 Å². The largest absolute Gasteiger partial charge is 0.451 e. The molecule has 1 fully saturated rings. The van der Waals surface area contributed by atoms with Crippen LogP contribution < -0.4 is 5.43 Å². The van der Waals surface area contributed by atoms with E-state index in [2.05, 4.69) is 5.43 Å². The van der Waals surface area contributed by atoms with E-state index < -0.39 is 0 Å². The molecule has 0 unspecified atom stereocenters. The first-order valence-electron chi connectivity index (χ1n) is 7.14. The number of nitrogens with one attached hydrogen (secondary N) is 1. The van der Waals surface area contributed by atoms with E-state index in [0.29, 0.717) is 5.76 Å². The molecule has 1 saturated heterocycles. The molecule has 1 aliphatic rings. The molecule has 1 amide bonds. The second-order valence-electron chi connectivity index (χ2n) is 5.16. The number of amides is 1. The topological polar surface area (TPSA) is 45.5 Å². The van der Waals surface area contributed by atoms with Gasteiger partial charge in [-0.2, -0.15) is 0 Å². The van der Waals surface area contributed by atoms with Crippen molar-refractivity contribution in [3.05, 3.63) is 48.0 Å². The first kappa shape index (κ1) is 13.8. The van der Waals surface area contributed by atoms with Crippen LogP contribution in [0.2, 0.25) is 0 Å². The van der Waals surface area contributed by atoms with E-state index >= 15 is 0 Å². The lowest BCUT2D eigenvalue weighted by molar-refractivity contribution is 0.0722. The highest BCUT2D eigenvalue weighted by Gasteiger charge is 2.17. The monoisotopic (exact) mass is 288 g/mol. The molecular weight excluding hydrogens is 271 g/mol. The van der Waals surface area contributed by atoms with E-state index in [0.717, 1.165) is 31.5 Å². The standard InChI is InChI=1S/C16H17FN2O2/c17-13-6-4-12(5-7-13)14-8-9-15(21-14)16(20)18-19-10-2-1-3-11-19/h4-9H,1-3,10-11H2,(H,18,20). The normalized spacial score (nSPS) is 15.9. The summed E-state index contributed by atoms with van der Waals surface area (Å²) in [6.07, 6.45) is 3.40. The molecule has 21 heavy (non-hydrogen) atoms. The molecule has 110 valence electrons. The van der Waals surface area contributed by atoms with E-state index in [4.69, 9.17) is 4.42 Å². The van der Waals surface area contributed by atoms with E-state index in [9.17, 15) is 9.18 Å². The van der Waals surface area contributed by atoms with Gasteiger partial charge in [0.2, 0.25) is 0 Å². The third kappa shape index (κ3) is 3.31. The number of nitrogens with zero attached hydrogens (tertiary/aromatic N) is 1. The van der Waals surface area contributed by atoms with Gasteiger partial charge in [0, 0.05) is 18.7 Å². The Balaban J connectivity index is 1.69. The maximum atomic E-state index is 12.9. The number of furan rings is 1. The molecule has 1 aromatic heterocycles. The number of hydrazine groups is 1. The first-order valence-corrected chi connectivity index (χ1v) is 7.14. The van der Waals surface area contributed by atoms with E-state index in [1.54, 1.807) is 24.3 Å². The highest BCUT2D eigenvalue weighted by atomic mass is 19.1. The smallest absolute Gasteiger partial charge is 0.301 e. The lowest BCUT2D eigenvalue weighted by atomic mass is 10.2. The second kappa shape index (κ2) is 6.10. The van der Waals surface area contributed by atoms with Crippen LogP contribution in [-0.4, -0.2) is 24.0 Å². The molecule has 0 saturated carbocycles. The maximum absolute atomic E-state index is 12.9. The Labute approximate surface area is 122 Å². The van der Waals surface area contributed by atoms with Gasteiger partial charge in [-0.15, -0.1) is 0 Å². The zero-order valence-electron chi connectivity index (χ0n) is 11.6. The number of carbonyl (C=O) groups is 1. The molecule has 0 spiro atoms. The Morgan fingerprint density at radius 3 is 2.48 bits per heavy atom. The van der Waals surface area contributed by atoms with Gasteiger partial charge in [-0.3, -0.25) is 10.2 Å². The molecule has 0 bridgehead atoms. The van der Waals surface area contributed by atoms with Crippen molar-refractivity contribution in [3.63, 3.8) is 0 Å². The number of piperidine rings is 1. The van der Waals surface area contributed by atoms with Gasteiger partial charge < -0.3 is 4.42 Å². The fraction of sp³-hybridized carbons (Fsp3) is 0.312. The van der Waals surface area contributed by atoms with Gasteiger partial charge in [-0.25, -0.2) is 9.40 Å². The Kier molecular flexibility index (Phi) is 4.01. The Bertz CT molecular complexity index is 615. The molecule has 1 aliphatic heterocycles. The van der Waals surface area contributed by atoms with Crippen molar-refractivity contribution in [1.29, 1.82) is 0 Å². The number of hydrogen-bond donors (Lipinski definition) is 1. The van der Waals surface area contributed by atoms with Crippen molar-refractivity contribution in [3.8, 4) is 11.3 Å². The predicted octanol–water partition coefficient (Wildman–Crippen LogP) is 3.22. The van der Waals surface area contributed by atoms with E-state index in [1.165, 1.54) is 18.6 Å². The van der Waals surface area contributed by atoms with Crippen molar-refractivity contribution in [1.82, 2.24) is 10.4 Å². The molecule has 0 aliphatic carbocycles. The molecule has 3 rings (SSSR count). The van der Waals surface area contributed by atoms with Gasteiger partial charge in [0.15, 0.2) is 5.76 Å². The van der Waals surface area contributed by atoms with Crippen LogP contribution in [0, 0.1) is 5.82 Å². The number of carbonyl (C=O) groups excluding carboxylic acids is 1. The summed E-state index contributed by atoms with van der Waals surface area (Å²) in [6.45, 7) is 1.74. The van der Waals surface area contributed by atoms with Crippen LogP contribution in [0.5, 0.6) is 0 Å². The molecule has 2 heterocycles. The van der Waals surface area contributed by atoms with Gasteiger partial charge in [-0.05, 0) is 49.2 Å². The van der Waals surface area contributed by atoms with Gasteiger partial charge in [0.25, 0.3) is 0 Å². The average Bonchev–Trinajstić information content (AvgIpc) is 2.99. The summed E-state index contributed by atoms with van der Waals surface area (Å²) in [5.74, 6) is 0.275. The SMILES string of the molecule is O=C(NN1CCCCC1)c1ccc(-c2ccc(F)cc2)o1. The molecule has 5 heteroatoms. The number of hydrogen-bond acceptors (Lipinski definition) is 3. The summed E-state index contributed by atoms with van der Waals surface area (Å²) in [5.41, 5.74) is 3.59. The highest BCUT2D eigenvalue weighted by Crippen LogP contribution is 2.22. The fourth-order valence-electron chi connectivity index (χ4n) is 2.43. The minimum atomic E-state index is -0.298. The molecule has 0 atom stereocenters. The number of rotatable bonds is 3. The van der Waals surface area contributed by atoms with Crippen LogP contribution in [-0.2, 0) is 0 Å². The second-order valence-corrected chi connectivity index (χ2v) is 5.16. The van der Waals surface area contributed by atoms with Gasteiger partial charge in [0.05, 0.1) is 0 Å². The van der Waals surface area contributed by atoms with Crippen molar-refractivity contribution in [2.45, 2.75) is 19.3 Å². The zero-order valence-corrected chi connectivity index (χ0v) is 11.6. The third-order valence-corrected chi connectivity index (χ3v) is 3.57. The number of halogens is 1.